The smallest absolute Gasteiger partial charge is 0.0541 e. The van der Waals surface area contributed by atoms with Crippen molar-refractivity contribution in [3.8, 4) is 16.8 Å². The Kier molecular flexibility index (Phi) is 4.65. The van der Waals surface area contributed by atoms with Crippen molar-refractivity contribution in [1.29, 1.82) is 0 Å². The molecule has 2 bridgehead atoms. The van der Waals surface area contributed by atoms with Crippen molar-refractivity contribution >= 4 is 37.7 Å². The third kappa shape index (κ3) is 2.92. The first-order valence-corrected chi connectivity index (χ1v) is 14.7. The Balaban J connectivity index is 1.31. The number of halogens is 1. The van der Waals surface area contributed by atoms with Crippen molar-refractivity contribution in [2.45, 2.75) is 11.8 Å². The summed E-state index contributed by atoms with van der Waals surface area (Å²) < 4.78 is 3.61. The summed E-state index contributed by atoms with van der Waals surface area (Å²) in [5.74, 6) is 0.457. The molecule has 40 heavy (non-hydrogen) atoms. The average Bonchev–Trinajstić information content (AvgIpc) is 3.36. The molecule has 0 amide bonds. The number of benzene rings is 6. The fourth-order valence-corrected chi connectivity index (χ4v) is 8.08. The Morgan fingerprint density at radius 1 is 0.475 bits per heavy atom. The zero-order chi connectivity index (χ0) is 26.4. The fraction of sp³-hybridized carbons (Fsp3) is 0.0526. The second kappa shape index (κ2) is 8.30. The van der Waals surface area contributed by atoms with E-state index in [0.29, 0.717) is 0 Å². The minimum Gasteiger partial charge on any atom is -0.309 e. The molecule has 0 saturated heterocycles. The molecule has 0 aliphatic heterocycles. The molecule has 1 aromatic heterocycles. The van der Waals surface area contributed by atoms with E-state index in [2.05, 4.69) is 154 Å². The number of rotatable bonds is 2. The maximum atomic E-state index is 3.99. The Hall–Kier alpha value is -4.40. The van der Waals surface area contributed by atoms with E-state index < -0.39 is 0 Å². The van der Waals surface area contributed by atoms with E-state index in [1.807, 2.05) is 0 Å². The molecule has 0 atom stereocenters. The lowest BCUT2D eigenvalue weighted by molar-refractivity contribution is 0.752. The molecule has 0 N–H and O–H groups in total. The van der Waals surface area contributed by atoms with E-state index in [1.54, 1.807) is 0 Å². The van der Waals surface area contributed by atoms with Gasteiger partial charge < -0.3 is 4.57 Å². The lowest BCUT2D eigenvalue weighted by Gasteiger charge is -2.43. The van der Waals surface area contributed by atoms with Gasteiger partial charge in [-0.2, -0.15) is 0 Å². The monoisotopic (exact) mass is 573 g/mol. The van der Waals surface area contributed by atoms with Crippen LogP contribution in [0.15, 0.2) is 138 Å². The van der Waals surface area contributed by atoms with Crippen molar-refractivity contribution in [3.63, 3.8) is 0 Å². The number of hydrogen-bond donors (Lipinski definition) is 0. The quantitative estimate of drug-likeness (QED) is 0.194. The van der Waals surface area contributed by atoms with Gasteiger partial charge in [-0.05, 0) is 74.8 Å². The van der Waals surface area contributed by atoms with E-state index >= 15 is 0 Å². The predicted octanol–water partition coefficient (Wildman–Crippen LogP) is 10.2. The van der Waals surface area contributed by atoms with Gasteiger partial charge in [0.2, 0.25) is 0 Å². The highest BCUT2D eigenvalue weighted by Crippen LogP contribution is 2.59. The zero-order valence-electron chi connectivity index (χ0n) is 21.7. The topological polar surface area (TPSA) is 4.93 Å². The molecule has 0 radical (unpaired) electrons. The maximum Gasteiger partial charge on any atom is 0.0541 e. The molecule has 0 saturated carbocycles. The van der Waals surface area contributed by atoms with Gasteiger partial charge >= 0.3 is 0 Å². The van der Waals surface area contributed by atoms with Gasteiger partial charge in [-0.15, -0.1) is 0 Å². The third-order valence-corrected chi connectivity index (χ3v) is 9.73. The summed E-state index contributed by atoms with van der Waals surface area (Å²) in [6.45, 7) is 0. The molecule has 3 aliphatic carbocycles. The number of aromatic nitrogens is 1. The molecule has 1 heterocycles. The molecule has 188 valence electrons. The van der Waals surface area contributed by atoms with Crippen LogP contribution in [-0.2, 0) is 0 Å². The van der Waals surface area contributed by atoms with Crippen LogP contribution in [0.25, 0.3) is 38.6 Å². The van der Waals surface area contributed by atoms with Gasteiger partial charge in [-0.1, -0.05) is 119 Å². The van der Waals surface area contributed by atoms with Gasteiger partial charge in [0, 0.05) is 32.8 Å². The van der Waals surface area contributed by atoms with E-state index in [0.717, 1.165) is 0 Å². The SMILES string of the molecule is Brc1ccc(-c2cccc(-n3c4ccccc4c4ccccc43)c2)c2c1C1c3ccccc3C2c2ccccc21. The summed E-state index contributed by atoms with van der Waals surface area (Å²) in [4.78, 5) is 0. The zero-order valence-corrected chi connectivity index (χ0v) is 23.3. The van der Waals surface area contributed by atoms with Crippen molar-refractivity contribution < 1.29 is 0 Å². The Morgan fingerprint density at radius 2 is 1.00 bits per heavy atom. The van der Waals surface area contributed by atoms with Crippen LogP contribution in [0.1, 0.15) is 45.2 Å². The van der Waals surface area contributed by atoms with Crippen LogP contribution in [0.4, 0.5) is 0 Å². The standard InChI is InChI=1S/C38H24BrN/c39-32-21-20-25(37-35-28-14-1-3-16-30(28)36(38(32)37)31-17-4-2-15-29(31)35)23-10-9-11-24(22-23)40-33-18-7-5-12-26(33)27-13-6-8-19-34(27)40/h1-22,35-36H. The average molecular weight is 575 g/mol. The van der Waals surface area contributed by atoms with E-state index in [1.165, 1.54) is 76.5 Å². The molecule has 3 aliphatic rings. The van der Waals surface area contributed by atoms with E-state index in [9.17, 15) is 0 Å². The summed E-state index contributed by atoms with van der Waals surface area (Å²) in [6.07, 6.45) is 0. The Morgan fingerprint density at radius 3 is 1.60 bits per heavy atom. The molecule has 1 nitrogen and oxygen atoms in total. The summed E-state index contributed by atoms with van der Waals surface area (Å²) in [7, 11) is 0. The molecule has 7 aromatic rings. The van der Waals surface area contributed by atoms with Crippen LogP contribution in [-0.4, -0.2) is 4.57 Å². The van der Waals surface area contributed by atoms with Gasteiger partial charge in [-0.3, -0.25) is 0 Å². The van der Waals surface area contributed by atoms with Crippen LogP contribution in [0.2, 0.25) is 0 Å². The minimum absolute atomic E-state index is 0.219. The first-order chi connectivity index (χ1) is 19.8. The van der Waals surface area contributed by atoms with Gasteiger partial charge in [0.25, 0.3) is 0 Å². The Labute approximate surface area is 241 Å². The van der Waals surface area contributed by atoms with Crippen molar-refractivity contribution in [2.24, 2.45) is 0 Å². The predicted molar refractivity (Wildman–Crippen MR) is 169 cm³/mol. The van der Waals surface area contributed by atoms with Crippen LogP contribution in [0.5, 0.6) is 0 Å². The lowest BCUT2D eigenvalue weighted by Crippen LogP contribution is -2.28. The van der Waals surface area contributed by atoms with Crippen LogP contribution < -0.4 is 0 Å². The largest absolute Gasteiger partial charge is 0.309 e. The van der Waals surface area contributed by atoms with E-state index in [-0.39, 0.29) is 11.8 Å². The van der Waals surface area contributed by atoms with Gasteiger partial charge in [0.15, 0.2) is 0 Å². The summed E-state index contributed by atoms with van der Waals surface area (Å²) >= 11 is 3.99. The lowest BCUT2D eigenvalue weighted by atomic mass is 9.60. The summed E-state index contributed by atoms with van der Waals surface area (Å²) in [6, 6.07) is 49.3. The van der Waals surface area contributed by atoms with Crippen molar-refractivity contribution in [1.82, 2.24) is 4.57 Å². The van der Waals surface area contributed by atoms with Crippen LogP contribution in [0, 0.1) is 0 Å². The van der Waals surface area contributed by atoms with Crippen molar-refractivity contribution in [2.75, 3.05) is 0 Å². The highest BCUT2D eigenvalue weighted by molar-refractivity contribution is 9.10. The van der Waals surface area contributed by atoms with Crippen LogP contribution >= 0.6 is 15.9 Å². The molecule has 10 rings (SSSR count). The third-order valence-electron chi connectivity index (χ3n) is 9.04. The first-order valence-electron chi connectivity index (χ1n) is 13.9. The first kappa shape index (κ1) is 22.4. The van der Waals surface area contributed by atoms with Crippen LogP contribution in [0.3, 0.4) is 0 Å². The number of fused-ring (bicyclic) bond motifs is 3. The Bertz CT molecular complexity index is 2050. The molecular formula is C38H24BrN. The molecule has 0 spiro atoms. The summed E-state index contributed by atoms with van der Waals surface area (Å²) in [5, 5.41) is 2.57. The van der Waals surface area contributed by atoms with E-state index in [4.69, 9.17) is 0 Å². The second-order valence-electron chi connectivity index (χ2n) is 11.0. The number of nitrogens with zero attached hydrogens (tertiary/aromatic N) is 1. The highest BCUT2D eigenvalue weighted by Gasteiger charge is 2.43. The van der Waals surface area contributed by atoms with Gasteiger partial charge in [0.1, 0.15) is 0 Å². The minimum atomic E-state index is 0.219. The van der Waals surface area contributed by atoms with Gasteiger partial charge in [0.05, 0.1) is 11.0 Å². The molecule has 6 aromatic carbocycles. The fourth-order valence-electron chi connectivity index (χ4n) is 7.51. The molecular weight excluding hydrogens is 550 g/mol. The maximum absolute atomic E-state index is 3.99. The number of para-hydroxylation sites is 2. The normalized spacial score (nSPS) is 16.6. The van der Waals surface area contributed by atoms with Gasteiger partial charge in [-0.25, -0.2) is 0 Å². The number of hydrogen-bond acceptors (Lipinski definition) is 0. The van der Waals surface area contributed by atoms with Crippen molar-refractivity contribution in [3.05, 3.63) is 171 Å². The summed E-state index contributed by atoms with van der Waals surface area (Å²) in [5.41, 5.74) is 14.9. The highest BCUT2D eigenvalue weighted by atomic mass is 79.9. The molecule has 0 fully saturated rings. The molecule has 0 unspecified atom stereocenters. The molecule has 2 heteroatoms. The second-order valence-corrected chi connectivity index (χ2v) is 11.8.